The van der Waals surface area contributed by atoms with Crippen LogP contribution in [-0.2, 0) is 0 Å². The van der Waals surface area contributed by atoms with Crippen LogP contribution in [0.5, 0.6) is 0 Å². The van der Waals surface area contributed by atoms with Gasteiger partial charge in [-0.1, -0.05) is 32.1 Å². The molecule has 3 N–H and O–H groups in total. The molecular formula is C12H24N2. The first-order valence-corrected chi connectivity index (χ1v) is 6.38. The molecule has 0 aliphatic heterocycles. The highest BCUT2D eigenvalue weighted by molar-refractivity contribution is 4.87. The lowest BCUT2D eigenvalue weighted by Crippen LogP contribution is -2.51. The number of nitrogens with one attached hydrogen (secondary N) is 1. The van der Waals surface area contributed by atoms with Crippen LogP contribution in [0.25, 0.3) is 0 Å². The van der Waals surface area contributed by atoms with E-state index in [1.165, 1.54) is 57.8 Å². The Hall–Kier alpha value is -0.0800. The predicted molar refractivity (Wildman–Crippen MR) is 60.2 cm³/mol. The van der Waals surface area contributed by atoms with Crippen molar-refractivity contribution in [3.8, 4) is 0 Å². The van der Waals surface area contributed by atoms with Gasteiger partial charge in [-0.2, -0.15) is 0 Å². The van der Waals surface area contributed by atoms with E-state index in [1.54, 1.807) is 0 Å². The van der Waals surface area contributed by atoms with Crippen LogP contribution >= 0.6 is 0 Å². The molecule has 2 unspecified atom stereocenters. The van der Waals surface area contributed by atoms with Crippen LogP contribution in [0.3, 0.4) is 0 Å². The van der Waals surface area contributed by atoms with E-state index in [-0.39, 0.29) is 0 Å². The summed E-state index contributed by atoms with van der Waals surface area (Å²) in [5, 5.41) is 3.78. The van der Waals surface area contributed by atoms with Gasteiger partial charge in [0.1, 0.15) is 0 Å². The molecule has 0 bridgehead atoms. The molecule has 0 spiro atoms. The second-order valence-corrected chi connectivity index (χ2v) is 5.06. The van der Waals surface area contributed by atoms with Crippen molar-refractivity contribution in [3.05, 3.63) is 0 Å². The van der Waals surface area contributed by atoms with Crippen molar-refractivity contribution >= 4 is 0 Å². The van der Waals surface area contributed by atoms with Crippen molar-refractivity contribution in [3.63, 3.8) is 0 Å². The van der Waals surface area contributed by atoms with E-state index in [4.69, 9.17) is 5.73 Å². The van der Waals surface area contributed by atoms with Crippen molar-refractivity contribution in [2.45, 2.75) is 75.9 Å². The van der Waals surface area contributed by atoms with E-state index in [0.717, 1.165) is 6.04 Å². The molecular weight excluding hydrogens is 172 g/mol. The molecule has 2 atom stereocenters. The minimum atomic E-state index is 0.422. The third-order valence-corrected chi connectivity index (χ3v) is 3.87. The second kappa shape index (κ2) is 5.13. The third-order valence-electron chi connectivity index (χ3n) is 3.87. The van der Waals surface area contributed by atoms with Crippen molar-refractivity contribution in [1.29, 1.82) is 0 Å². The minimum Gasteiger partial charge on any atom is -0.326 e. The van der Waals surface area contributed by atoms with E-state index >= 15 is 0 Å². The van der Waals surface area contributed by atoms with E-state index < -0.39 is 0 Å². The summed E-state index contributed by atoms with van der Waals surface area (Å²) in [6.45, 7) is 0. The third kappa shape index (κ3) is 2.71. The highest BCUT2D eigenvalue weighted by Crippen LogP contribution is 2.22. The van der Waals surface area contributed by atoms with Crippen molar-refractivity contribution in [2.75, 3.05) is 0 Å². The fourth-order valence-corrected chi connectivity index (χ4v) is 2.94. The fourth-order valence-electron chi connectivity index (χ4n) is 2.94. The average Bonchev–Trinajstić information content (AvgIpc) is 2.23. The molecule has 14 heavy (non-hydrogen) atoms. The van der Waals surface area contributed by atoms with E-state index in [0.29, 0.717) is 12.1 Å². The van der Waals surface area contributed by atoms with Gasteiger partial charge >= 0.3 is 0 Å². The standard InChI is InChI=1S/C12H24N2/c13-11-8-4-5-9-12(11)14-10-6-2-1-3-7-10/h10-12,14H,1-9,13H2. The summed E-state index contributed by atoms with van der Waals surface area (Å²) < 4.78 is 0. The Morgan fingerprint density at radius 3 is 2.14 bits per heavy atom. The molecule has 0 heterocycles. The van der Waals surface area contributed by atoms with E-state index in [2.05, 4.69) is 5.32 Å². The number of rotatable bonds is 2. The monoisotopic (exact) mass is 196 g/mol. The van der Waals surface area contributed by atoms with Crippen LogP contribution in [0.15, 0.2) is 0 Å². The van der Waals surface area contributed by atoms with Crippen LogP contribution < -0.4 is 11.1 Å². The molecule has 0 saturated heterocycles. The van der Waals surface area contributed by atoms with Gasteiger partial charge in [0, 0.05) is 18.1 Å². The van der Waals surface area contributed by atoms with Crippen LogP contribution in [-0.4, -0.2) is 18.1 Å². The van der Waals surface area contributed by atoms with Gasteiger partial charge in [-0.15, -0.1) is 0 Å². The maximum Gasteiger partial charge on any atom is 0.0221 e. The number of hydrogen-bond acceptors (Lipinski definition) is 2. The van der Waals surface area contributed by atoms with Crippen molar-refractivity contribution in [2.24, 2.45) is 5.73 Å². The van der Waals surface area contributed by atoms with E-state index in [1.807, 2.05) is 0 Å². The molecule has 0 amide bonds. The molecule has 0 radical (unpaired) electrons. The Morgan fingerprint density at radius 1 is 0.786 bits per heavy atom. The summed E-state index contributed by atoms with van der Waals surface area (Å²) in [5.74, 6) is 0. The van der Waals surface area contributed by atoms with Gasteiger partial charge in [0.2, 0.25) is 0 Å². The lowest BCUT2D eigenvalue weighted by molar-refractivity contribution is 0.266. The first-order chi connectivity index (χ1) is 6.86. The Morgan fingerprint density at radius 2 is 1.43 bits per heavy atom. The Kier molecular flexibility index (Phi) is 3.82. The second-order valence-electron chi connectivity index (χ2n) is 5.06. The molecule has 0 aromatic heterocycles. The van der Waals surface area contributed by atoms with Gasteiger partial charge in [-0.3, -0.25) is 0 Å². The Labute approximate surface area is 87.6 Å². The summed E-state index contributed by atoms with van der Waals surface area (Å²) in [5.41, 5.74) is 6.13. The first kappa shape index (κ1) is 10.4. The molecule has 0 aromatic rings. The molecule has 2 nitrogen and oxygen atoms in total. The quantitative estimate of drug-likeness (QED) is 0.710. The fraction of sp³-hybridized carbons (Fsp3) is 1.00. The van der Waals surface area contributed by atoms with Gasteiger partial charge < -0.3 is 11.1 Å². The lowest BCUT2D eigenvalue weighted by atomic mass is 9.88. The summed E-state index contributed by atoms with van der Waals surface area (Å²) in [6, 6.07) is 1.82. The topological polar surface area (TPSA) is 38.0 Å². The van der Waals surface area contributed by atoms with Crippen LogP contribution in [0.1, 0.15) is 57.8 Å². The Balaban J connectivity index is 1.76. The van der Waals surface area contributed by atoms with Gasteiger partial charge in [0.15, 0.2) is 0 Å². The number of hydrogen-bond donors (Lipinski definition) is 2. The van der Waals surface area contributed by atoms with Crippen LogP contribution in [0.4, 0.5) is 0 Å². The normalized spacial score (nSPS) is 35.8. The number of nitrogens with two attached hydrogens (primary N) is 1. The molecule has 2 aliphatic carbocycles. The molecule has 2 heteroatoms. The maximum absolute atomic E-state index is 6.13. The van der Waals surface area contributed by atoms with Gasteiger partial charge in [0.25, 0.3) is 0 Å². The first-order valence-electron chi connectivity index (χ1n) is 6.38. The van der Waals surface area contributed by atoms with Crippen LogP contribution in [0, 0.1) is 0 Å². The molecule has 2 saturated carbocycles. The maximum atomic E-state index is 6.13. The highest BCUT2D eigenvalue weighted by Gasteiger charge is 2.24. The van der Waals surface area contributed by atoms with Gasteiger partial charge in [-0.25, -0.2) is 0 Å². The minimum absolute atomic E-state index is 0.422. The van der Waals surface area contributed by atoms with Crippen molar-refractivity contribution in [1.82, 2.24) is 5.32 Å². The predicted octanol–water partition coefficient (Wildman–Crippen LogP) is 2.18. The lowest BCUT2D eigenvalue weighted by Gasteiger charge is -2.34. The zero-order chi connectivity index (χ0) is 9.80. The molecule has 2 aliphatic rings. The molecule has 0 aromatic carbocycles. The summed E-state index contributed by atoms with van der Waals surface area (Å²) in [7, 11) is 0. The molecule has 2 rings (SSSR count). The summed E-state index contributed by atoms with van der Waals surface area (Å²) in [6.07, 6.45) is 12.3. The zero-order valence-electron chi connectivity index (χ0n) is 9.17. The van der Waals surface area contributed by atoms with E-state index in [9.17, 15) is 0 Å². The SMILES string of the molecule is NC1CCCCC1NC1CCCCC1. The average molecular weight is 196 g/mol. The zero-order valence-corrected chi connectivity index (χ0v) is 9.17. The van der Waals surface area contributed by atoms with Gasteiger partial charge in [-0.05, 0) is 25.7 Å². The molecule has 2 fully saturated rings. The van der Waals surface area contributed by atoms with Crippen LogP contribution in [0.2, 0.25) is 0 Å². The smallest absolute Gasteiger partial charge is 0.0221 e. The van der Waals surface area contributed by atoms with Crippen molar-refractivity contribution < 1.29 is 0 Å². The highest BCUT2D eigenvalue weighted by atomic mass is 15.0. The summed E-state index contributed by atoms with van der Waals surface area (Å²) in [4.78, 5) is 0. The Bertz CT molecular complexity index is 164. The van der Waals surface area contributed by atoms with Gasteiger partial charge in [0.05, 0.1) is 0 Å². The largest absolute Gasteiger partial charge is 0.326 e. The molecule has 82 valence electrons. The summed E-state index contributed by atoms with van der Waals surface area (Å²) >= 11 is 0.